The minimum Gasteiger partial charge on any atom is -0.465 e. The van der Waals surface area contributed by atoms with Crippen LogP contribution in [0.5, 0.6) is 0 Å². The van der Waals surface area contributed by atoms with Crippen LogP contribution in [-0.4, -0.2) is 47.1 Å². The first-order chi connectivity index (χ1) is 11.9. The maximum absolute atomic E-state index is 12.6. The fraction of sp³-hybridized carbons (Fsp3) is 0.444. The van der Waals surface area contributed by atoms with Crippen LogP contribution in [0.1, 0.15) is 44.9 Å². The van der Waals surface area contributed by atoms with E-state index in [9.17, 15) is 19.2 Å². The first-order valence-electron chi connectivity index (χ1n) is 8.17. The molecule has 1 aliphatic heterocycles. The van der Waals surface area contributed by atoms with Crippen molar-refractivity contribution >= 4 is 23.6 Å². The van der Waals surface area contributed by atoms with Crippen molar-refractivity contribution < 1.29 is 23.9 Å². The van der Waals surface area contributed by atoms with Gasteiger partial charge in [0.05, 0.1) is 36.7 Å². The van der Waals surface area contributed by atoms with E-state index in [0.29, 0.717) is 29.7 Å². The Morgan fingerprint density at radius 1 is 1.16 bits per heavy atom. The Morgan fingerprint density at radius 2 is 1.72 bits per heavy atom. The van der Waals surface area contributed by atoms with Crippen molar-refractivity contribution in [2.45, 2.75) is 26.7 Å². The van der Waals surface area contributed by atoms with Crippen molar-refractivity contribution in [1.82, 2.24) is 9.88 Å². The Bertz CT molecular complexity index is 779. The highest BCUT2D eigenvalue weighted by atomic mass is 16.5. The molecule has 2 heterocycles. The van der Waals surface area contributed by atoms with E-state index in [4.69, 9.17) is 4.74 Å². The van der Waals surface area contributed by atoms with Gasteiger partial charge in [-0.25, -0.2) is 4.79 Å². The molecule has 1 fully saturated rings. The van der Waals surface area contributed by atoms with Crippen molar-refractivity contribution in [2.75, 3.05) is 13.7 Å². The van der Waals surface area contributed by atoms with Crippen LogP contribution >= 0.6 is 0 Å². The number of allylic oxidation sites excluding steroid dienone is 2. The first-order valence-corrected chi connectivity index (χ1v) is 8.17. The SMILES string of the molecule is COC(=O)c1c(C)[nH]c(C(=O)CN2C(=O)[C@H]3CC=CC[C@H]3C2=O)c1C. The summed E-state index contributed by atoms with van der Waals surface area (Å²) in [6.45, 7) is 2.99. The Kier molecular flexibility index (Phi) is 4.32. The maximum atomic E-state index is 12.6. The minimum atomic E-state index is -0.532. The predicted octanol–water partition coefficient (Wildman–Crippen LogP) is 1.55. The van der Waals surface area contributed by atoms with Gasteiger partial charge in [-0.2, -0.15) is 0 Å². The van der Waals surface area contributed by atoms with Crippen LogP contribution in [0.4, 0.5) is 0 Å². The Morgan fingerprint density at radius 3 is 2.24 bits per heavy atom. The lowest BCUT2D eigenvalue weighted by atomic mass is 9.85. The summed E-state index contributed by atoms with van der Waals surface area (Å²) in [5.74, 6) is -2.23. The van der Waals surface area contributed by atoms with Gasteiger partial charge in [-0.3, -0.25) is 19.3 Å². The lowest BCUT2D eigenvalue weighted by molar-refractivity contribution is -0.139. The Hall–Kier alpha value is -2.70. The number of aryl methyl sites for hydroxylation is 1. The van der Waals surface area contributed by atoms with Gasteiger partial charge in [-0.15, -0.1) is 0 Å². The summed E-state index contributed by atoms with van der Waals surface area (Å²) in [6.07, 6.45) is 4.87. The molecule has 25 heavy (non-hydrogen) atoms. The molecule has 1 N–H and O–H groups in total. The number of carbonyl (C=O) groups is 4. The third-order valence-electron chi connectivity index (χ3n) is 5.01. The number of likely N-dealkylation sites (tertiary alicyclic amines) is 1. The standard InChI is InChI=1S/C18H20N2O5/c1-9-14(18(24)25-3)10(2)19-15(9)13(21)8-20-16(22)11-6-4-5-7-12(11)17(20)23/h4-5,11-12,19H,6-8H2,1-3H3/t11-,12+. The topological polar surface area (TPSA) is 96.5 Å². The molecule has 3 rings (SSSR count). The number of hydrogen-bond donors (Lipinski definition) is 1. The second-order valence-electron chi connectivity index (χ2n) is 6.46. The predicted molar refractivity (Wildman–Crippen MR) is 88.0 cm³/mol. The number of nitrogens with one attached hydrogen (secondary N) is 1. The van der Waals surface area contributed by atoms with E-state index >= 15 is 0 Å². The maximum Gasteiger partial charge on any atom is 0.339 e. The molecule has 0 aromatic carbocycles. The molecule has 2 atom stereocenters. The number of aromatic nitrogens is 1. The summed E-state index contributed by atoms with van der Waals surface area (Å²) in [4.78, 5) is 53.3. The van der Waals surface area contributed by atoms with Crippen molar-refractivity contribution in [1.29, 1.82) is 0 Å². The van der Waals surface area contributed by atoms with Crippen LogP contribution in [0.2, 0.25) is 0 Å². The second kappa shape index (κ2) is 6.31. The van der Waals surface area contributed by atoms with E-state index in [1.54, 1.807) is 13.8 Å². The fourth-order valence-electron chi connectivity index (χ4n) is 3.68. The molecule has 7 heteroatoms. The molecule has 1 aromatic heterocycles. The van der Waals surface area contributed by atoms with Gasteiger partial charge in [0.25, 0.3) is 0 Å². The van der Waals surface area contributed by atoms with Crippen LogP contribution in [0, 0.1) is 25.7 Å². The molecule has 2 amide bonds. The number of aromatic amines is 1. The average molecular weight is 344 g/mol. The highest BCUT2D eigenvalue weighted by Crippen LogP contribution is 2.35. The summed E-state index contributed by atoms with van der Waals surface area (Å²) in [5.41, 5.74) is 1.52. The lowest BCUT2D eigenvalue weighted by Gasteiger charge is -2.14. The van der Waals surface area contributed by atoms with E-state index < -0.39 is 11.8 Å². The van der Waals surface area contributed by atoms with Crippen LogP contribution < -0.4 is 0 Å². The number of nitrogens with zero attached hydrogens (tertiary/aromatic N) is 1. The molecule has 1 saturated heterocycles. The zero-order chi connectivity index (χ0) is 18.3. The summed E-state index contributed by atoms with van der Waals surface area (Å²) < 4.78 is 4.73. The number of hydrogen-bond acceptors (Lipinski definition) is 5. The van der Waals surface area contributed by atoms with E-state index in [-0.39, 0.29) is 35.9 Å². The molecule has 0 unspecified atom stereocenters. The Balaban J connectivity index is 1.83. The van der Waals surface area contributed by atoms with E-state index in [0.717, 1.165) is 4.90 Å². The summed E-state index contributed by atoms with van der Waals surface area (Å²) >= 11 is 0. The van der Waals surface area contributed by atoms with Crippen LogP contribution in [0.25, 0.3) is 0 Å². The lowest BCUT2D eigenvalue weighted by Crippen LogP contribution is -2.36. The van der Waals surface area contributed by atoms with Crippen molar-refractivity contribution in [3.63, 3.8) is 0 Å². The van der Waals surface area contributed by atoms with Crippen molar-refractivity contribution in [2.24, 2.45) is 11.8 Å². The molecule has 7 nitrogen and oxygen atoms in total. The number of methoxy groups -OCH3 is 1. The average Bonchev–Trinajstić information content (AvgIpc) is 3.03. The molecule has 0 radical (unpaired) electrons. The molecule has 1 aromatic rings. The quantitative estimate of drug-likeness (QED) is 0.387. The van der Waals surface area contributed by atoms with Gasteiger partial charge in [0.2, 0.25) is 11.8 Å². The number of Topliss-reactive ketones (excluding diaryl/α,β-unsaturated/α-hetero) is 1. The summed E-state index contributed by atoms with van der Waals surface area (Å²) in [5, 5.41) is 0. The van der Waals surface area contributed by atoms with Gasteiger partial charge in [0.15, 0.2) is 5.78 Å². The van der Waals surface area contributed by atoms with Crippen LogP contribution in [0.3, 0.4) is 0 Å². The number of esters is 1. The normalized spacial score (nSPS) is 22.3. The highest BCUT2D eigenvalue weighted by molar-refractivity contribution is 6.10. The van der Waals surface area contributed by atoms with E-state index in [1.807, 2.05) is 12.2 Å². The zero-order valence-electron chi connectivity index (χ0n) is 14.4. The zero-order valence-corrected chi connectivity index (χ0v) is 14.4. The van der Waals surface area contributed by atoms with Crippen molar-refractivity contribution in [3.05, 3.63) is 34.7 Å². The van der Waals surface area contributed by atoms with Gasteiger partial charge in [0.1, 0.15) is 0 Å². The Labute approximate surface area is 145 Å². The van der Waals surface area contributed by atoms with Gasteiger partial charge >= 0.3 is 5.97 Å². The third kappa shape index (κ3) is 2.69. The number of carbonyl (C=O) groups excluding carboxylic acids is 4. The number of amides is 2. The smallest absolute Gasteiger partial charge is 0.339 e. The van der Waals surface area contributed by atoms with Crippen LogP contribution in [0.15, 0.2) is 12.2 Å². The first kappa shape index (κ1) is 17.1. The number of imide groups is 1. The molecule has 132 valence electrons. The summed E-state index contributed by atoms with van der Waals surface area (Å²) in [6, 6.07) is 0. The number of H-pyrrole nitrogens is 1. The molecule has 0 spiro atoms. The monoisotopic (exact) mass is 344 g/mol. The van der Waals surface area contributed by atoms with Gasteiger partial charge in [-0.05, 0) is 32.3 Å². The summed E-state index contributed by atoms with van der Waals surface area (Å²) in [7, 11) is 1.27. The molecule has 2 aliphatic rings. The molecular weight excluding hydrogens is 324 g/mol. The van der Waals surface area contributed by atoms with Gasteiger partial charge in [-0.1, -0.05) is 12.2 Å². The van der Waals surface area contributed by atoms with E-state index in [2.05, 4.69) is 4.98 Å². The largest absolute Gasteiger partial charge is 0.465 e. The molecule has 0 saturated carbocycles. The number of ketones is 1. The molecule has 0 bridgehead atoms. The van der Waals surface area contributed by atoms with E-state index in [1.165, 1.54) is 7.11 Å². The van der Waals surface area contributed by atoms with Crippen molar-refractivity contribution in [3.8, 4) is 0 Å². The van der Waals surface area contributed by atoms with Gasteiger partial charge < -0.3 is 9.72 Å². The van der Waals surface area contributed by atoms with Crippen LogP contribution in [-0.2, 0) is 14.3 Å². The molecule has 1 aliphatic carbocycles. The highest BCUT2D eigenvalue weighted by Gasteiger charge is 2.47. The third-order valence-corrected chi connectivity index (χ3v) is 5.01. The van der Waals surface area contributed by atoms with Gasteiger partial charge in [0, 0.05) is 5.69 Å². The molecular formula is C18H20N2O5. The minimum absolute atomic E-state index is 0.228. The fourth-order valence-corrected chi connectivity index (χ4v) is 3.68. The second-order valence-corrected chi connectivity index (χ2v) is 6.46. The number of ether oxygens (including phenoxy) is 1. The number of rotatable bonds is 4. The number of fused-ring (bicyclic) bond motifs is 1.